The van der Waals surface area contributed by atoms with E-state index < -0.39 is 22.5 Å². The van der Waals surface area contributed by atoms with Crippen molar-refractivity contribution in [1.82, 2.24) is 4.90 Å². The Morgan fingerprint density at radius 3 is 2.71 bits per heavy atom. The zero-order valence-electron chi connectivity index (χ0n) is 33.3. The van der Waals surface area contributed by atoms with Crippen molar-refractivity contribution in [3.05, 3.63) is 58.2 Å². The van der Waals surface area contributed by atoms with E-state index in [1.807, 2.05) is 11.0 Å². The van der Waals surface area contributed by atoms with Crippen molar-refractivity contribution in [2.75, 3.05) is 26.2 Å². The van der Waals surface area contributed by atoms with Gasteiger partial charge in [0.15, 0.2) is 17.5 Å². The van der Waals surface area contributed by atoms with Crippen molar-refractivity contribution < 1.29 is 28.8 Å². The van der Waals surface area contributed by atoms with Gasteiger partial charge in [-0.25, -0.2) is 4.79 Å². The number of hydrogen-bond donors (Lipinski definition) is 2. The van der Waals surface area contributed by atoms with Crippen LogP contribution in [0.4, 0.5) is 0 Å². The van der Waals surface area contributed by atoms with E-state index in [1.54, 1.807) is 0 Å². The number of Topliss-reactive ketones (excluding diaryl/α,β-unsaturated/α-hetero) is 1. The van der Waals surface area contributed by atoms with Crippen molar-refractivity contribution in [3.63, 3.8) is 0 Å². The monoisotopic (exact) mass is 748 g/mol. The molecule has 4 aliphatic carbocycles. The maximum atomic E-state index is 15.5. The van der Waals surface area contributed by atoms with Gasteiger partial charge in [-0.05, 0) is 87.3 Å². The number of rotatable bonds is 7. The van der Waals surface area contributed by atoms with E-state index in [4.69, 9.17) is 15.2 Å². The fraction of sp³-hybridized carbons (Fsp3) is 0.723. The Balaban J connectivity index is 1.17. The molecule has 12 bridgehead atoms. The molecule has 14 rings (SSSR count). The predicted molar refractivity (Wildman–Crippen MR) is 208 cm³/mol. The van der Waals surface area contributed by atoms with E-state index >= 15 is 9.59 Å². The van der Waals surface area contributed by atoms with Gasteiger partial charge in [-0.15, -0.1) is 0 Å². The first kappa shape index (κ1) is 35.4. The SMILES string of the molecule is CCCC1CC(=O)C2OC(=O)C34C5=C(CCC23C2(OC(=O)c3c(CCCN)cccc32)C4CCC)C2C(C=C5)C(C)CC3CCC4C5CC(CN1C5)C[NH+]4C32. The number of esters is 2. The average Bonchev–Trinajstić information content (AvgIpc) is 3.64. The second-order valence-electron chi connectivity index (χ2n) is 20.1. The van der Waals surface area contributed by atoms with Gasteiger partial charge in [0, 0.05) is 67.1 Å². The van der Waals surface area contributed by atoms with Crippen molar-refractivity contribution in [3.8, 4) is 0 Å². The third-order valence-corrected chi connectivity index (χ3v) is 18.0. The molecule has 16 unspecified atom stereocenters. The van der Waals surface area contributed by atoms with Crippen LogP contribution in [0.15, 0.2) is 41.5 Å². The first-order valence-corrected chi connectivity index (χ1v) is 22.6. The number of ketones is 1. The van der Waals surface area contributed by atoms with Gasteiger partial charge in [0.1, 0.15) is 5.41 Å². The molecule has 1 aromatic rings. The number of nitrogens with zero attached hydrogens (tertiary/aromatic N) is 1. The molecule has 8 fully saturated rings. The molecule has 9 aliphatic heterocycles. The van der Waals surface area contributed by atoms with Crippen molar-refractivity contribution in [2.45, 2.75) is 134 Å². The lowest BCUT2D eigenvalue weighted by molar-refractivity contribution is -0.976. The van der Waals surface area contributed by atoms with Crippen molar-refractivity contribution in [1.29, 1.82) is 0 Å². The van der Waals surface area contributed by atoms with Crippen LogP contribution in [0.5, 0.6) is 0 Å². The fourth-order valence-corrected chi connectivity index (χ4v) is 16.6. The van der Waals surface area contributed by atoms with Gasteiger partial charge in [0.25, 0.3) is 0 Å². The lowest BCUT2D eigenvalue weighted by Crippen LogP contribution is -3.24. The summed E-state index contributed by atoms with van der Waals surface area (Å²) in [5.74, 6) is 2.67. The van der Waals surface area contributed by atoms with E-state index in [1.165, 1.54) is 37.8 Å². The highest BCUT2D eigenvalue weighted by Crippen LogP contribution is 2.85. The largest absolute Gasteiger partial charge is 0.453 e. The molecule has 1 aromatic carbocycles. The Bertz CT molecular complexity index is 1910. The molecule has 294 valence electrons. The molecule has 55 heavy (non-hydrogen) atoms. The number of carbonyl (C=O) groups is 3. The Kier molecular flexibility index (Phi) is 7.94. The van der Waals surface area contributed by atoms with Crippen molar-refractivity contribution >= 4 is 17.7 Å². The van der Waals surface area contributed by atoms with Crippen LogP contribution in [0.1, 0.15) is 119 Å². The summed E-state index contributed by atoms with van der Waals surface area (Å²) in [5.41, 5.74) is 8.01. The number of benzene rings is 1. The number of ether oxygens (including phenoxy) is 2. The first-order chi connectivity index (χ1) is 26.7. The second-order valence-corrected chi connectivity index (χ2v) is 20.1. The minimum Gasteiger partial charge on any atom is -0.453 e. The number of allylic oxidation sites excluding steroid dienone is 2. The molecular weight excluding hydrogens is 687 g/mol. The number of nitrogens with one attached hydrogen (secondary N) is 1. The van der Waals surface area contributed by atoms with Crippen molar-refractivity contribution in [2.24, 2.45) is 58.0 Å². The molecular formula is C47H62N3O5+. The summed E-state index contributed by atoms with van der Waals surface area (Å²) in [6, 6.07) is 7.56. The summed E-state index contributed by atoms with van der Waals surface area (Å²) in [6.45, 7) is 10.9. The molecule has 3 N–H and O–H groups in total. The summed E-state index contributed by atoms with van der Waals surface area (Å²) >= 11 is 0. The van der Waals surface area contributed by atoms with Gasteiger partial charge < -0.3 is 20.1 Å². The summed E-state index contributed by atoms with van der Waals surface area (Å²) in [4.78, 5) is 50.0. The zero-order chi connectivity index (χ0) is 37.6. The Morgan fingerprint density at radius 2 is 1.89 bits per heavy atom. The third-order valence-electron chi connectivity index (χ3n) is 18.0. The average molecular weight is 749 g/mol. The lowest BCUT2D eigenvalue weighted by atomic mass is 9.28. The van der Waals surface area contributed by atoms with Crippen LogP contribution >= 0.6 is 0 Å². The fourth-order valence-electron chi connectivity index (χ4n) is 16.6. The van der Waals surface area contributed by atoms with Gasteiger partial charge in [0.05, 0.1) is 29.6 Å². The molecule has 0 amide bonds. The van der Waals surface area contributed by atoms with Crippen LogP contribution in [0, 0.1) is 52.3 Å². The predicted octanol–water partition coefficient (Wildman–Crippen LogP) is 5.33. The minimum absolute atomic E-state index is 0.0384. The number of nitrogens with two attached hydrogens (primary N) is 1. The molecule has 8 heteroatoms. The maximum absolute atomic E-state index is 15.5. The molecule has 2 saturated carbocycles. The van der Waals surface area contributed by atoms with Crippen LogP contribution in [0.3, 0.4) is 0 Å². The van der Waals surface area contributed by atoms with E-state index in [0.29, 0.717) is 85.4 Å². The van der Waals surface area contributed by atoms with E-state index in [0.717, 1.165) is 61.9 Å². The Morgan fingerprint density at radius 1 is 1.04 bits per heavy atom. The van der Waals surface area contributed by atoms with Gasteiger partial charge in [-0.3, -0.25) is 14.5 Å². The highest BCUT2D eigenvalue weighted by atomic mass is 16.6. The van der Waals surface area contributed by atoms with Gasteiger partial charge in [-0.2, -0.15) is 0 Å². The minimum atomic E-state index is -1.11. The number of piperidine rings is 3. The molecule has 13 aliphatic rings. The smallest absolute Gasteiger partial charge is 0.339 e. The summed E-state index contributed by atoms with van der Waals surface area (Å²) in [6.07, 6.45) is 16.0. The van der Waals surface area contributed by atoms with Crippen LogP contribution in [0.25, 0.3) is 0 Å². The Hall–Kier alpha value is -2.81. The highest BCUT2D eigenvalue weighted by molar-refractivity contribution is 6.02. The third kappa shape index (κ3) is 4.18. The van der Waals surface area contributed by atoms with E-state index in [9.17, 15) is 4.79 Å². The highest BCUT2D eigenvalue weighted by Gasteiger charge is 2.94. The number of aryl methyl sites for hydroxylation is 1. The van der Waals surface area contributed by atoms with Crippen LogP contribution < -0.4 is 10.6 Å². The topological polar surface area (TPSA) is 103 Å². The van der Waals surface area contributed by atoms with Gasteiger partial charge in [0.2, 0.25) is 0 Å². The van der Waals surface area contributed by atoms with Gasteiger partial charge >= 0.3 is 11.9 Å². The molecule has 16 atom stereocenters. The summed E-state index contributed by atoms with van der Waals surface area (Å²) in [7, 11) is 0. The molecule has 0 radical (unpaired) electrons. The Labute approximate surface area is 327 Å². The van der Waals surface area contributed by atoms with Crippen LogP contribution in [0.2, 0.25) is 0 Å². The zero-order valence-corrected chi connectivity index (χ0v) is 33.3. The number of quaternary nitrogens is 1. The lowest BCUT2D eigenvalue weighted by Gasteiger charge is -2.72. The van der Waals surface area contributed by atoms with Crippen LogP contribution in [-0.4, -0.2) is 73.0 Å². The molecule has 9 heterocycles. The molecule has 2 spiro atoms. The normalized spacial score (nSPS) is 48.1. The number of fused-ring (bicyclic) bond motifs is 2. The van der Waals surface area contributed by atoms with Crippen LogP contribution in [-0.2, 0) is 31.1 Å². The quantitative estimate of drug-likeness (QED) is 0.364. The van der Waals surface area contributed by atoms with E-state index in [2.05, 4.69) is 50.0 Å². The maximum Gasteiger partial charge on any atom is 0.339 e. The summed E-state index contributed by atoms with van der Waals surface area (Å²) in [5, 5.41) is 0. The first-order valence-electron chi connectivity index (χ1n) is 22.6. The summed E-state index contributed by atoms with van der Waals surface area (Å²) < 4.78 is 13.8. The molecule has 8 nitrogen and oxygen atoms in total. The van der Waals surface area contributed by atoms with E-state index in [-0.39, 0.29) is 29.7 Å². The molecule has 0 aromatic heterocycles. The number of carbonyl (C=O) groups excluding carboxylic acids is 3. The van der Waals surface area contributed by atoms with Gasteiger partial charge in [-0.1, -0.05) is 69.5 Å². The second kappa shape index (κ2) is 12.3. The number of hydrogen-bond acceptors (Lipinski definition) is 7. The molecule has 6 saturated heterocycles. The standard InChI is InChI=1S/C47H61N3O5/c1-4-8-31-22-37(51)42-45-18-17-33-34(15-14-32-26(3)20-29-13-16-36-30-21-27(23-49(31)25-30)24-50(36)41(29)40(32)33)46(45,44(53)54-42)38(9-5-2)47(45)35-12-6-10-28(11-7-19-48)39(35)43(52)55-47/h6,10,12,14-15,26-27,29-32,36,38,40-42H,4-5,7-9,11,13,16-25,48H2,1-3H3/p+1.